The number of benzene rings is 4. The van der Waals surface area contributed by atoms with Crippen LogP contribution >= 0.6 is 11.6 Å². The summed E-state index contributed by atoms with van der Waals surface area (Å²) in [5.74, 6) is -1.02. The van der Waals surface area contributed by atoms with E-state index in [4.69, 9.17) is 26.8 Å². The molecule has 232 valence electrons. The molecule has 1 aliphatic heterocycles. The Labute approximate surface area is 269 Å². The number of nitrogens with zero attached hydrogens (tertiary/aromatic N) is 1. The minimum Gasteiger partial charge on any atom is -0.452 e. The minimum absolute atomic E-state index is 0.0586. The summed E-state index contributed by atoms with van der Waals surface area (Å²) in [6.07, 6.45) is 4.40. The van der Waals surface area contributed by atoms with Crippen molar-refractivity contribution in [1.29, 1.82) is 0 Å². The molecule has 1 saturated heterocycles. The summed E-state index contributed by atoms with van der Waals surface area (Å²) in [4.78, 5) is 28.5. The van der Waals surface area contributed by atoms with E-state index in [1.807, 2.05) is 109 Å². The zero-order valence-corrected chi connectivity index (χ0v) is 26.0. The van der Waals surface area contributed by atoms with E-state index in [0.29, 0.717) is 36.6 Å². The number of para-hydroxylation sites is 1. The van der Waals surface area contributed by atoms with Crippen LogP contribution < -0.4 is 16.0 Å². The normalized spacial score (nSPS) is 17.2. The van der Waals surface area contributed by atoms with E-state index in [0.717, 1.165) is 27.2 Å². The third-order valence-corrected chi connectivity index (χ3v) is 8.22. The number of aryl methyl sites for hydroxylation is 1. The first-order chi connectivity index (χ1) is 21.9. The summed E-state index contributed by atoms with van der Waals surface area (Å²) in [5.41, 5.74) is 10.8. The average molecular weight is 624 g/mol. The van der Waals surface area contributed by atoms with Crippen molar-refractivity contribution in [2.24, 2.45) is 5.73 Å². The van der Waals surface area contributed by atoms with Crippen molar-refractivity contribution in [1.82, 2.24) is 5.32 Å². The summed E-state index contributed by atoms with van der Waals surface area (Å²) in [7, 11) is 1.27. The fourth-order valence-corrected chi connectivity index (χ4v) is 5.81. The number of nitrogens with one attached hydrogen (secondary N) is 1. The first-order valence-corrected chi connectivity index (χ1v) is 15.5. The maximum Gasteiger partial charge on any atom is 0.420 e. The van der Waals surface area contributed by atoms with E-state index in [9.17, 15) is 9.59 Å². The summed E-state index contributed by atoms with van der Waals surface area (Å²) < 4.78 is 11.5. The molecule has 1 fully saturated rings. The van der Waals surface area contributed by atoms with Gasteiger partial charge in [-0.1, -0.05) is 115 Å². The average Bonchev–Trinajstić information content (AvgIpc) is 3.08. The number of hydrogen-bond acceptors (Lipinski definition) is 6. The standard InChI is InChI=1S/C37H38ClN3O4/c1-44-37(43)41(36(42)35(39)34(28-11-4-2-5-12-28)29-13-6-3-7-14-29)33-15-9-8-10-27(33)19-23-32-25-40-24-31(45-32)22-18-26-16-20-30(38)21-17-26/h2-18,20-22,31-32,34-35,40H,19,23-25,39H2,1H3/b22-18+/t31-,32-,35+/m1/s1. The van der Waals surface area contributed by atoms with Crippen LogP contribution in [0, 0.1) is 0 Å². The molecule has 0 unspecified atom stereocenters. The zero-order chi connectivity index (χ0) is 31.6. The Kier molecular flexibility index (Phi) is 11.2. The Balaban J connectivity index is 1.34. The number of hydrogen-bond donors (Lipinski definition) is 2. The van der Waals surface area contributed by atoms with Gasteiger partial charge in [0, 0.05) is 24.0 Å². The predicted octanol–water partition coefficient (Wildman–Crippen LogP) is 6.60. The summed E-state index contributed by atoms with van der Waals surface area (Å²) in [6, 6.07) is 33.2. The van der Waals surface area contributed by atoms with Gasteiger partial charge in [0.25, 0.3) is 5.91 Å². The molecule has 3 N–H and O–H groups in total. The highest BCUT2D eigenvalue weighted by molar-refractivity contribution is 6.30. The molecule has 0 saturated carbocycles. The lowest BCUT2D eigenvalue weighted by Gasteiger charge is -2.31. The van der Waals surface area contributed by atoms with Gasteiger partial charge in [-0.15, -0.1) is 0 Å². The lowest BCUT2D eigenvalue weighted by atomic mass is 9.84. The molecule has 1 aliphatic rings. The molecule has 0 bridgehead atoms. The number of imide groups is 1. The van der Waals surface area contributed by atoms with Gasteiger partial charge in [-0.25, -0.2) is 9.69 Å². The van der Waals surface area contributed by atoms with Gasteiger partial charge in [0.05, 0.1) is 31.0 Å². The van der Waals surface area contributed by atoms with Crippen molar-refractivity contribution in [3.63, 3.8) is 0 Å². The lowest BCUT2D eigenvalue weighted by molar-refractivity contribution is -0.119. The van der Waals surface area contributed by atoms with Crippen molar-refractivity contribution in [2.75, 3.05) is 25.1 Å². The molecule has 0 spiro atoms. The molecule has 3 atom stereocenters. The van der Waals surface area contributed by atoms with Gasteiger partial charge >= 0.3 is 6.09 Å². The highest BCUT2D eigenvalue weighted by Crippen LogP contribution is 2.31. The SMILES string of the molecule is COC(=O)N(C(=O)[C@@H](N)C(c1ccccc1)c1ccccc1)c1ccccc1CC[C@@H]1CNC[C@@H](/C=C/c2ccc(Cl)cc2)O1. The van der Waals surface area contributed by atoms with Crippen LogP contribution in [0.1, 0.15) is 34.6 Å². The number of rotatable bonds is 10. The molecular formula is C37H38ClN3O4. The van der Waals surface area contributed by atoms with Gasteiger partial charge in [0.2, 0.25) is 0 Å². The van der Waals surface area contributed by atoms with Crippen LogP contribution in [0.3, 0.4) is 0 Å². The number of carbonyl (C=O) groups excluding carboxylic acids is 2. The Hall–Kier alpha value is -4.27. The second-order valence-corrected chi connectivity index (χ2v) is 11.4. The number of carbonyl (C=O) groups is 2. The molecule has 5 rings (SSSR count). The molecule has 8 heteroatoms. The fourth-order valence-electron chi connectivity index (χ4n) is 5.68. The van der Waals surface area contributed by atoms with E-state index in [1.165, 1.54) is 7.11 Å². The summed E-state index contributed by atoms with van der Waals surface area (Å²) in [5, 5.41) is 4.15. The number of morpholine rings is 1. The van der Waals surface area contributed by atoms with E-state index in [-0.39, 0.29) is 12.2 Å². The van der Waals surface area contributed by atoms with Crippen LogP contribution in [0.4, 0.5) is 10.5 Å². The van der Waals surface area contributed by atoms with Gasteiger partial charge in [0.15, 0.2) is 0 Å². The van der Waals surface area contributed by atoms with Crippen molar-refractivity contribution < 1.29 is 19.1 Å². The third kappa shape index (κ3) is 8.26. The van der Waals surface area contributed by atoms with E-state index in [1.54, 1.807) is 12.1 Å². The first-order valence-electron chi connectivity index (χ1n) is 15.1. The second-order valence-electron chi connectivity index (χ2n) is 11.0. The number of anilines is 1. The van der Waals surface area contributed by atoms with Gasteiger partial charge in [-0.05, 0) is 53.3 Å². The number of nitrogens with two attached hydrogens (primary N) is 1. The van der Waals surface area contributed by atoms with Gasteiger partial charge in [-0.2, -0.15) is 0 Å². The van der Waals surface area contributed by atoms with Crippen molar-refractivity contribution in [3.05, 3.63) is 143 Å². The second kappa shape index (κ2) is 15.6. The van der Waals surface area contributed by atoms with Gasteiger partial charge in [0.1, 0.15) is 0 Å². The Morgan fingerprint density at radius 3 is 2.20 bits per heavy atom. The van der Waals surface area contributed by atoms with Crippen molar-refractivity contribution in [3.8, 4) is 0 Å². The van der Waals surface area contributed by atoms with Crippen LogP contribution in [0.2, 0.25) is 5.02 Å². The topological polar surface area (TPSA) is 93.9 Å². The van der Waals surface area contributed by atoms with Crippen LogP contribution in [-0.2, 0) is 20.7 Å². The first kappa shape index (κ1) is 32.1. The molecule has 4 aromatic carbocycles. The Morgan fingerprint density at radius 2 is 1.56 bits per heavy atom. The fraction of sp³-hybridized carbons (Fsp3) is 0.243. The molecule has 0 aromatic heterocycles. The summed E-state index contributed by atoms with van der Waals surface area (Å²) in [6.45, 7) is 1.41. The van der Waals surface area contributed by atoms with Crippen molar-refractivity contribution >= 4 is 35.4 Å². The molecule has 2 amide bonds. The number of amides is 2. The summed E-state index contributed by atoms with van der Waals surface area (Å²) >= 11 is 6.01. The smallest absolute Gasteiger partial charge is 0.420 e. The Bertz CT molecular complexity index is 1540. The zero-order valence-electron chi connectivity index (χ0n) is 25.2. The number of ether oxygens (including phenoxy) is 2. The monoisotopic (exact) mass is 623 g/mol. The molecule has 0 radical (unpaired) electrons. The lowest BCUT2D eigenvalue weighted by Crippen LogP contribution is -2.50. The maximum atomic E-state index is 14.2. The highest BCUT2D eigenvalue weighted by atomic mass is 35.5. The van der Waals surface area contributed by atoms with Gasteiger partial charge < -0.3 is 20.5 Å². The van der Waals surface area contributed by atoms with Crippen molar-refractivity contribution in [2.45, 2.75) is 37.0 Å². The minimum atomic E-state index is -1.05. The maximum absolute atomic E-state index is 14.2. The van der Waals surface area contributed by atoms with Crippen LogP contribution in [-0.4, -0.2) is 50.4 Å². The molecule has 45 heavy (non-hydrogen) atoms. The molecular weight excluding hydrogens is 586 g/mol. The quantitative estimate of drug-likeness (QED) is 0.207. The van der Waals surface area contributed by atoms with Crippen LogP contribution in [0.15, 0.2) is 115 Å². The van der Waals surface area contributed by atoms with E-state index < -0.39 is 24.0 Å². The van der Waals surface area contributed by atoms with Crippen LogP contribution in [0.5, 0.6) is 0 Å². The number of halogens is 1. The van der Waals surface area contributed by atoms with E-state index in [2.05, 4.69) is 5.32 Å². The Morgan fingerprint density at radius 1 is 0.933 bits per heavy atom. The highest BCUT2D eigenvalue weighted by Gasteiger charge is 2.36. The van der Waals surface area contributed by atoms with E-state index >= 15 is 0 Å². The molecule has 1 heterocycles. The molecule has 4 aromatic rings. The molecule has 0 aliphatic carbocycles. The predicted molar refractivity (Wildman–Crippen MR) is 179 cm³/mol. The van der Waals surface area contributed by atoms with Gasteiger partial charge in [-0.3, -0.25) is 4.79 Å². The molecule has 7 nitrogen and oxygen atoms in total. The largest absolute Gasteiger partial charge is 0.452 e. The number of methoxy groups -OCH3 is 1. The third-order valence-electron chi connectivity index (χ3n) is 7.97. The van der Waals surface area contributed by atoms with Crippen LogP contribution in [0.25, 0.3) is 6.08 Å².